The molecule has 5 nitrogen and oxygen atoms in total. The quantitative estimate of drug-likeness (QED) is 0.384. The minimum atomic E-state index is 0.611. The molecule has 2 aromatic rings. The lowest BCUT2D eigenvalue weighted by Crippen LogP contribution is -2.35. The van der Waals surface area contributed by atoms with Crippen LogP contribution in [-0.4, -0.2) is 32.2 Å². The molecule has 0 amide bonds. The molecule has 2 saturated heterocycles. The van der Waals surface area contributed by atoms with E-state index in [0.717, 1.165) is 37.6 Å². The number of hydrogen-bond acceptors (Lipinski definition) is 5. The van der Waals surface area contributed by atoms with Crippen molar-refractivity contribution >= 4 is 17.1 Å². The zero-order chi connectivity index (χ0) is 24.2. The number of nitrogen functional groups attached to an aromatic ring is 2. The van der Waals surface area contributed by atoms with Gasteiger partial charge in [0, 0.05) is 29.6 Å². The zero-order valence-corrected chi connectivity index (χ0v) is 21.4. The van der Waals surface area contributed by atoms with Crippen molar-refractivity contribution in [1.82, 2.24) is 10.6 Å². The zero-order valence-electron chi connectivity index (χ0n) is 21.4. The summed E-state index contributed by atoms with van der Waals surface area (Å²) in [6.45, 7) is 16.5. The lowest BCUT2D eigenvalue weighted by atomic mass is 9.98. The number of benzene rings is 2. The van der Waals surface area contributed by atoms with E-state index in [1.807, 2.05) is 77.9 Å². The summed E-state index contributed by atoms with van der Waals surface area (Å²) in [4.78, 5) is 0. The Morgan fingerprint density at radius 2 is 1.12 bits per heavy atom. The van der Waals surface area contributed by atoms with Gasteiger partial charge in [-0.15, -0.1) is 0 Å². The highest BCUT2D eigenvalue weighted by atomic mass is 15.0. The molecule has 0 aromatic heterocycles. The van der Waals surface area contributed by atoms with Crippen molar-refractivity contribution in [3.63, 3.8) is 0 Å². The van der Waals surface area contributed by atoms with E-state index < -0.39 is 0 Å². The number of nitrogens with two attached hydrogens (primary N) is 2. The average Bonchev–Trinajstić information content (AvgIpc) is 3.41. The standard InChI is InChI=1S/C11H17N3.C10H14N2.3C2H6/c12-9-1-3-10(4-2-9)14-11-5-7-13-8-6-11;11-10-3-1-8(2-4-10)9-5-6-12-7-9;3*1-2/h1-4,11,13-14H,5-8,12H2;1-4,9,12H,5-7,11H2;3*1-2H3. The first kappa shape index (κ1) is 29.8. The maximum atomic E-state index is 5.62. The molecule has 0 radical (unpaired) electrons. The van der Waals surface area contributed by atoms with E-state index in [2.05, 4.69) is 28.1 Å². The fraction of sp³-hybridized carbons (Fsp3) is 0.556. The lowest BCUT2D eigenvalue weighted by Gasteiger charge is -2.24. The van der Waals surface area contributed by atoms with Crippen molar-refractivity contribution in [3.8, 4) is 0 Å². The number of hydrogen-bond donors (Lipinski definition) is 5. The van der Waals surface area contributed by atoms with E-state index in [4.69, 9.17) is 11.5 Å². The van der Waals surface area contributed by atoms with Crippen LogP contribution < -0.4 is 27.4 Å². The fourth-order valence-electron chi connectivity index (χ4n) is 3.49. The van der Waals surface area contributed by atoms with Gasteiger partial charge < -0.3 is 27.4 Å². The van der Waals surface area contributed by atoms with Crippen molar-refractivity contribution in [2.75, 3.05) is 43.0 Å². The van der Waals surface area contributed by atoms with Crippen LogP contribution in [0.2, 0.25) is 0 Å². The van der Waals surface area contributed by atoms with Crippen molar-refractivity contribution in [3.05, 3.63) is 54.1 Å². The maximum absolute atomic E-state index is 5.62. The first-order chi connectivity index (χ1) is 15.7. The van der Waals surface area contributed by atoms with Gasteiger partial charge in [0.15, 0.2) is 0 Å². The molecule has 182 valence electrons. The van der Waals surface area contributed by atoms with Crippen molar-refractivity contribution in [2.45, 2.75) is 72.8 Å². The van der Waals surface area contributed by atoms with E-state index >= 15 is 0 Å². The molecule has 0 bridgehead atoms. The Kier molecular flexibility index (Phi) is 18.1. The van der Waals surface area contributed by atoms with Crippen LogP contribution in [0.4, 0.5) is 17.1 Å². The van der Waals surface area contributed by atoms with Gasteiger partial charge in [0.05, 0.1) is 0 Å². The molecule has 2 heterocycles. The monoisotopic (exact) mass is 443 g/mol. The van der Waals surface area contributed by atoms with E-state index in [-0.39, 0.29) is 0 Å². The normalized spacial score (nSPS) is 17.0. The summed E-state index contributed by atoms with van der Waals surface area (Å²) in [5.41, 5.74) is 15.5. The van der Waals surface area contributed by atoms with Gasteiger partial charge in [0.25, 0.3) is 0 Å². The van der Waals surface area contributed by atoms with Gasteiger partial charge >= 0.3 is 0 Å². The Hall–Kier alpha value is -2.24. The van der Waals surface area contributed by atoms with Crippen molar-refractivity contribution < 1.29 is 0 Å². The van der Waals surface area contributed by atoms with Crippen LogP contribution in [-0.2, 0) is 0 Å². The topological polar surface area (TPSA) is 88.1 Å². The van der Waals surface area contributed by atoms with Gasteiger partial charge in [-0.05, 0) is 86.8 Å². The molecular formula is C27H49N5. The summed E-state index contributed by atoms with van der Waals surface area (Å²) in [6, 6.07) is 16.8. The van der Waals surface area contributed by atoms with E-state index in [0.29, 0.717) is 12.0 Å². The Balaban J connectivity index is 0.000000491. The largest absolute Gasteiger partial charge is 0.399 e. The highest BCUT2D eigenvalue weighted by molar-refractivity contribution is 5.51. The second kappa shape index (κ2) is 19.4. The van der Waals surface area contributed by atoms with Crippen LogP contribution in [0.3, 0.4) is 0 Å². The summed E-state index contributed by atoms with van der Waals surface area (Å²) >= 11 is 0. The number of anilines is 3. The first-order valence-corrected chi connectivity index (χ1v) is 12.6. The predicted octanol–water partition coefficient (Wildman–Crippen LogP) is 5.86. The molecule has 0 spiro atoms. The number of rotatable bonds is 3. The predicted molar refractivity (Wildman–Crippen MR) is 145 cm³/mol. The molecule has 1 unspecified atom stereocenters. The van der Waals surface area contributed by atoms with E-state index in [1.165, 1.54) is 30.5 Å². The lowest BCUT2D eigenvalue weighted by molar-refractivity contribution is 0.479. The minimum Gasteiger partial charge on any atom is -0.399 e. The summed E-state index contributed by atoms with van der Waals surface area (Å²) in [5, 5.41) is 10.2. The van der Waals surface area contributed by atoms with Crippen LogP contribution in [0.1, 0.15) is 72.3 Å². The molecule has 1 atom stereocenters. The summed E-state index contributed by atoms with van der Waals surface area (Å²) in [6.07, 6.45) is 3.65. The Morgan fingerprint density at radius 1 is 0.656 bits per heavy atom. The maximum Gasteiger partial charge on any atom is 0.0343 e. The fourth-order valence-corrected chi connectivity index (χ4v) is 3.49. The smallest absolute Gasteiger partial charge is 0.0343 e. The van der Waals surface area contributed by atoms with E-state index in [1.54, 1.807) is 0 Å². The third kappa shape index (κ3) is 12.0. The van der Waals surface area contributed by atoms with Crippen LogP contribution >= 0.6 is 0 Å². The number of nitrogens with one attached hydrogen (secondary N) is 3. The molecule has 2 aliphatic heterocycles. The molecule has 2 aromatic carbocycles. The van der Waals surface area contributed by atoms with Gasteiger partial charge in [-0.2, -0.15) is 0 Å². The summed E-state index contributed by atoms with van der Waals surface area (Å²) < 4.78 is 0. The molecule has 32 heavy (non-hydrogen) atoms. The molecule has 7 N–H and O–H groups in total. The highest BCUT2D eigenvalue weighted by Crippen LogP contribution is 2.22. The number of piperidine rings is 1. The molecule has 0 saturated carbocycles. The SMILES string of the molecule is CC.CC.CC.Nc1ccc(C2CCNC2)cc1.Nc1ccc(NC2CCNCC2)cc1. The highest BCUT2D eigenvalue weighted by Gasteiger charge is 2.15. The van der Waals surface area contributed by atoms with Crippen molar-refractivity contribution in [2.24, 2.45) is 0 Å². The average molecular weight is 444 g/mol. The second-order valence-electron chi connectivity index (χ2n) is 7.15. The molecule has 2 fully saturated rings. The first-order valence-electron chi connectivity index (χ1n) is 12.6. The van der Waals surface area contributed by atoms with Crippen molar-refractivity contribution in [1.29, 1.82) is 0 Å². The molecule has 0 aliphatic carbocycles. The Bertz CT molecular complexity index is 643. The van der Waals surface area contributed by atoms with Crippen LogP contribution in [0.15, 0.2) is 48.5 Å². The van der Waals surface area contributed by atoms with Crippen LogP contribution in [0, 0.1) is 0 Å². The third-order valence-corrected chi connectivity index (χ3v) is 5.09. The van der Waals surface area contributed by atoms with Gasteiger partial charge in [-0.3, -0.25) is 0 Å². The summed E-state index contributed by atoms with van der Waals surface area (Å²) in [7, 11) is 0. The van der Waals surface area contributed by atoms with Gasteiger partial charge in [0.1, 0.15) is 0 Å². The van der Waals surface area contributed by atoms with E-state index in [9.17, 15) is 0 Å². The van der Waals surface area contributed by atoms with Gasteiger partial charge in [-0.25, -0.2) is 0 Å². The third-order valence-electron chi connectivity index (χ3n) is 5.09. The Morgan fingerprint density at radius 3 is 1.59 bits per heavy atom. The molecule has 2 aliphatic rings. The van der Waals surface area contributed by atoms with Gasteiger partial charge in [-0.1, -0.05) is 53.7 Å². The van der Waals surface area contributed by atoms with Crippen LogP contribution in [0.25, 0.3) is 0 Å². The molecular weight excluding hydrogens is 394 g/mol. The molecule has 4 rings (SSSR count). The van der Waals surface area contributed by atoms with Crippen LogP contribution in [0.5, 0.6) is 0 Å². The molecule has 5 heteroatoms. The Labute approximate surface area is 197 Å². The van der Waals surface area contributed by atoms with Gasteiger partial charge in [0.2, 0.25) is 0 Å². The second-order valence-corrected chi connectivity index (χ2v) is 7.15. The minimum absolute atomic E-state index is 0.611. The summed E-state index contributed by atoms with van der Waals surface area (Å²) in [5.74, 6) is 0.700.